The molecule has 0 spiro atoms. The van der Waals surface area contributed by atoms with E-state index in [1.54, 1.807) is 6.20 Å². The predicted molar refractivity (Wildman–Crippen MR) is 77.4 cm³/mol. The molecule has 2 aromatic rings. The molecule has 94 valence electrons. The van der Waals surface area contributed by atoms with Crippen LogP contribution in [0, 0.1) is 0 Å². The Morgan fingerprint density at radius 3 is 2.67 bits per heavy atom. The van der Waals surface area contributed by atoms with Gasteiger partial charge in [0.05, 0.1) is 10.7 Å². The van der Waals surface area contributed by atoms with Gasteiger partial charge >= 0.3 is 0 Å². The third kappa shape index (κ3) is 3.15. The molecule has 4 heteroatoms. The summed E-state index contributed by atoms with van der Waals surface area (Å²) in [6.07, 6.45) is 3.63. The summed E-state index contributed by atoms with van der Waals surface area (Å²) < 4.78 is 0. The Balaban J connectivity index is 2.16. The number of nitrogens with zero attached hydrogens (tertiary/aromatic N) is 2. The minimum absolute atomic E-state index is 0.478. The van der Waals surface area contributed by atoms with Crippen molar-refractivity contribution in [2.24, 2.45) is 0 Å². The van der Waals surface area contributed by atoms with E-state index in [9.17, 15) is 0 Å². The largest absolute Gasteiger partial charge is 0.369 e. The molecule has 2 rings (SSSR count). The molecule has 0 radical (unpaired) electrons. The van der Waals surface area contributed by atoms with Gasteiger partial charge in [-0.3, -0.25) is 4.98 Å². The lowest BCUT2D eigenvalue weighted by atomic mass is 10.2. The van der Waals surface area contributed by atoms with E-state index in [4.69, 9.17) is 23.2 Å². The first-order chi connectivity index (χ1) is 8.70. The van der Waals surface area contributed by atoms with Crippen LogP contribution in [-0.2, 0) is 12.4 Å². The van der Waals surface area contributed by atoms with Crippen molar-refractivity contribution in [3.63, 3.8) is 0 Å². The summed E-state index contributed by atoms with van der Waals surface area (Å²) in [6, 6.07) is 9.87. The Morgan fingerprint density at radius 1 is 1.22 bits per heavy atom. The van der Waals surface area contributed by atoms with Crippen LogP contribution in [0.1, 0.15) is 11.1 Å². The number of benzene rings is 1. The van der Waals surface area contributed by atoms with E-state index in [0.29, 0.717) is 5.88 Å². The van der Waals surface area contributed by atoms with Crippen LogP contribution in [0.4, 0.5) is 5.69 Å². The first-order valence-corrected chi connectivity index (χ1v) is 6.56. The van der Waals surface area contributed by atoms with E-state index >= 15 is 0 Å². The molecule has 0 aliphatic carbocycles. The van der Waals surface area contributed by atoms with Gasteiger partial charge in [0.1, 0.15) is 0 Å². The SMILES string of the molecule is CN(Cc1cccnc1)c1ccc(CCl)cc1Cl. The molecule has 0 atom stereocenters. The number of aromatic nitrogens is 1. The van der Waals surface area contributed by atoms with Gasteiger partial charge in [-0.2, -0.15) is 0 Å². The summed E-state index contributed by atoms with van der Waals surface area (Å²) in [6.45, 7) is 0.772. The van der Waals surface area contributed by atoms with E-state index in [2.05, 4.69) is 9.88 Å². The molecule has 0 bridgehead atoms. The fourth-order valence-electron chi connectivity index (χ4n) is 1.79. The van der Waals surface area contributed by atoms with Crippen LogP contribution in [0.5, 0.6) is 0 Å². The van der Waals surface area contributed by atoms with Gasteiger partial charge in [-0.15, -0.1) is 11.6 Å². The average Bonchev–Trinajstić information content (AvgIpc) is 2.39. The van der Waals surface area contributed by atoms with Gasteiger partial charge in [0.15, 0.2) is 0 Å². The van der Waals surface area contributed by atoms with Gasteiger partial charge in [-0.1, -0.05) is 23.7 Å². The maximum Gasteiger partial charge on any atom is 0.0642 e. The average molecular weight is 281 g/mol. The van der Waals surface area contributed by atoms with Crippen molar-refractivity contribution in [2.75, 3.05) is 11.9 Å². The van der Waals surface area contributed by atoms with Crippen LogP contribution >= 0.6 is 23.2 Å². The Hall–Kier alpha value is -1.25. The van der Waals surface area contributed by atoms with E-state index < -0.39 is 0 Å². The summed E-state index contributed by atoms with van der Waals surface area (Å²) >= 11 is 12.0. The number of rotatable bonds is 4. The first kappa shape index (κ1) is 13.2. The maximum atomic E-state index is 6.25. The second kappa shape index (κ2) is 6.07. The lowest BCUT2D eigenvalue weighted by Gasteiger charge is -2.20. The van der Waals surface area contributed by atoms with Crippen molar-refractivity contribution < 1.29 is 0 Å². The molecule has 0 saturated carbocycles. The second-order valence-corrected chi connectivity index (χ2v) is 4.81. The highest BCUT2D eigenvalue weighted by Gasteiger charge is 2.07. The first-order valence-electron chi connectivity index (χ1n) is 5.65. The van der Waals surface area contributed by atoms with Crippen LogP contribution in [0.2, 0.25) is 5.02 Å². The highest BCUT2D eigenvalue weighted by molar-refractivity contribution is 6.33. The third-order valence-corrected chi connectivity index (χ3v) is 3.33. The second-order valence-electron chi connectivity index (χ2n) is 4.14. The molecule has 0 saturated heterocycles. The molecule has 0 fully saturated rings. The van der Waals surface area contributed by atoms with Crippen molar-refractivity contribution in [1.82, 2.24) is 4.98 Å². The molecule has 0 aliphatic rings. The van der Waals surface area contributed by atoms with Crippen LogP contribution in [0.25, 0.3) is 0 Å². The maximum absolute atomic E-state index is 6.25. The van der Waals surface area contributed by atoms with Crippen molar-refractivity contribution >= 4 is 28.9 Å². The molecule has 1 heterocycles. The van der Waals surface area contributed by atoms with Gasteiger partial charge in [0.25, 0.3) is 0 Å². The number of anilines is 1. The van der Waals surface area contributed by atoms with Gasteiger partial charge in [0.2, 0.25) is 0 Å². The zero-order valence-corrected chi connectivity index (χ0v) is 11.6. The Kier molecular flexibility index (Phi) is 4.45. The van der Waals surface area contributed by atoms with E-state index in [-0.39, 0.29) is 0 Å². The molecular weight excluding hydrogens is 267 g/mol. The molecule has 0 unspecified atom stereocenters. The van der Waals surface area contributed by atoms with Gasteiger partial charge in [-0.25, -0.2) is 0 Å². The number of alkyl halides is 1. The van der Waals surface area contributed by atoms with E-state index in [1.165, 1.54) is 0 Å². The predicted octanol–water partition coefficient (Wildman–Crippen LogP) is 4.11. The molecule has 2 nitrogen and oxygen atoms in total. The molecule has 18 heavy (non-hydrogen) atoms. The van der Waals surface area contributed by atoms with Crippen molar-refractivity contribution in [2.45, 2.75) is 12.4 Å². The van der Waals surface area contributed by atoms with Crippen LogP contribution < -0.4 is 4.90 Å². The van der Waals surface area contributed by atoms with Crippen LogP contribution in [0.3, 0.4) is 0 Å². The quantitative estimate of drug-likeness (QED) is 0.784. The third-order valence-electron chi connectivity index (χ3n) is 2.72. The van der Waals surface area contributed by atoms with Gasteiger partial charge in [-0.05, 0) is 29.3 Å². The van der Waals surface area contributed by atoms with E-state index in [0.717, 1.165) is 28.4 Å². The normalized spacial score (nSPS) is 10.4. The van der Waals surface area contributed by atoms with Crippen molar-refractivity contribution in [3.8, 4) is 0 Å². The number of pyridine rings is 1. The Labute approximate surface area is 117 Å². The summed E-state index contributed by atoms with van der Waals surface area (Å²) in [5.74, 6) is 0.478. The highest BCUT2D eigenvalue weighted by Crippen LogP contribution is 2.27. The summed E-state index contributed by atoms with van der Waals surface area (Å²) in [5, 5.41) is 0.722. The fourth-order valence-corrected chi connectivity index (χ4v) is 2.31. The summed E-state index contributed by atoms with van der Waals surface area (Å²) in [7, 11) is 2.01. The summed E-state index contributed by atoms with van der Waals surface area (Å²) in [5.41, 5.74) is 3.17. The summed E-state index contributed by atoms with van der Waals surface area (Å²) in [4.78, 5) is 6.20. The lowest BCUT2D eigenvalue weighted by molar-refractivity contribution is 0.915. The van der Waals surface area contributed by atoms with Crippen LogP contribution in [0.15, 0.2) is 42.7 Å². The molecule has 0 N–H and O–H groups in total. The van der Waals surface area contributed by atoms with Gasteiger partial charge in [0, 0.05) is 31.9 Å². The molecule has 0 aliphatic heterocycles. The number of hydrogen-bond acceptors (Lipinski definition) is 2. The Morgan fingerprint density at radius 2 is 2.06 bits per heavy atom. The lowest BCUT2D eigenvalue weighted by Crippen LogP contribution is -2.16. The van der Waals surface area contributed by atoms with Crippen molar-refractivity contribution in [3.05, 3.63) is 58.9 Å². The number of hydrogen-bond donors (Lipinski definition) is 0. The molecule has 1 aromatic heterocycles. The zero-order valence-electron chi connectivity index (χ0n) is 10.1. The minimum Gasteiger partial charge on any atom is -0.369 e. The van der Waals surface area contributed by atoms with Gasteiger partial charge < -0.3 is 4.90 Å². The fraction of sp³-hybridized carbons (Fsp3) is 0.214. The molecular formula is C14H14Cl2N2. The van der Waals surface area contributed by atoms with Crippen LogP contribution in [-0.4, -0.2) is 12.0 Å². The minimum atomic E-state index is 0.478. The molecule has 0 amide bonds. The molecule has 1 aromatic carbocycles. The van der Waals surface area contributed by atoms with E-state index in [1.807, 2.05) is 43.6 Å². The monoisotopic (exact) mass is 280 g/mol. The smallest absolute Gasteiger partial charge is 0.0642 e. The topological polar surface area (TPSA) is 16.1 Å². The van der Waals surface area contributed by atoms with Crippen molar-refractivity contribution in [1.29, 1.82) is 0 Å². The Bertz CT molecular complexity index is 514. The number of halogens is 2. The zero-order chi connectivity index (χ0) is 13.0. The highest BCUT2D eigenvalue weighted by atomic mass is 35.5. The standard InChI is InChI=1S/C14H14Cl2N2/c1-18(10-12-3-2-6-17-9-12)14-5-4-11(8-15)7-13(14)16/h2-7,9H,8,10H2,1H3.